The molecule has 0 aliphatic heterocycles. The van der Waals surface area contributed by atoms with Crippen molar-refractivity contribution < 1.29 is 4.79 Å². The van der Waals surface area contributed by atoms with Crippen molar-refractivity contribution in [1.82, 2.24) is 0 Å². The van der Waals surface area contributed by atoms with Gasteiger partial charge in [-0.15, -0.1) is 0 Å². The third kappa shape index (κ3) is 11.4. The van der Waals surface area contributed by atoms with Crippen molar-refractivity contribution in [2.24, 2.45) is 11.7 Å². The van der Waals surface area contributed by atoms with Crippen molar-refractivity contribution in [2.75, 3.05) is 6.54 Å². The van der Waals surface area contributed by atoms with E-state index in [4.69, 9.17) is 5.73 Å². The quantitative estimate of drug-likeness (QED) is 0.591. The summed E-state index contributed by atoms with van der Waals surface area (Å²) in [5.74, 6) is 0.978. The molecular weight excluding hydrogens is 294 g/mol. The van der Waals surface area contributed by atoms with Crippen molar-refractivity contribution in [1.29, 1.82) is 0 Å². The van der Waals surface area contributed by atoms with Gasteiger partial charge in [0.2, 0.25) is 0 Å². The van der Waals surface area contributed by atoms with Crippen LogP contribution in [0.4, 0.5) is 0 Å². The minimum Gasteiger partial charge on any atom is -0.324 e. The van der Waals surface area contributed by atoms with E-state index in [9.17, 15) is 4.79 Å². The van der Waals surface area contributed by atoms with Crippen molar-refractivity contribution in [3.8, 4) is 0 Å². The number of nitrogens with two attached hydrogens (primary N) is 1. The number of ketones is 1. The SMILES string of the molecule is CC(=O)CN.CCCCC(CCCC)CCc1ccc(C)c(C)c1. The molecule has 1 aromatic carbocycles. The lowest BCUT2D eigenvalue weighted by atomic mass is 9.89. The highest BCUT2D eigenvalue weighted by molar-refractivity contribution is 5.77. The Kier molecular flexibility index (Phi) is 13.5. The van der Waals surface area contributed by atoms with Crippen LogP contribution in [0.1, 0.15) is 82.4 Å². The molecule has 24 heavy (non-hydrogen) atoms. The summed E-state index contributed by atoms with van der Waals surface area (Å²) in [6.45, 7) is 10.7. The van der Waals surface area contributed by atoms with Crippen LogP contribution >= 0.6 is 0 Å². The van der Waals surface area contributed by atoms with E-state index in [0.29, 0.717) is 0 Å². The van der Waals surface area contributed by atoms with Crippen molar-refractivity contribution in [3.63, 3.8) is 0 Å². The zero-order valence-corrected chi connectivity index (χ0v) is 16.7. The van der Waals surface area contributed by atoms with Gasteiger partial charge in [0.1, 0.15) is 5.78 Å². The maximum atomic E-state index is 9.69. The highest BCUT2D eigenvalue weighted by atomic mass is 16.1. The summed E-state index contributed by atoms with van der Waals surface area (Å²) in [5.41, 5.74) is 9.21. The number of Topliss-reactive ketones (excluding diaryl/α,β-unsaturated/α-hetero) is 1. The van der Waals surface area contributed by atoms with Crippen LogP contribution in [0, 0.1) is 19.8 Å². The van der Waals surface area contributed by atoms with Crippen LogP contribution in [0.25, 0.3) is 0 Å². The molecule has 1 aromatic rings. The first-order valence-corrected chi connectivity index (χ1v) is 9.70. The fourth-order valence-electron chi connectivity index (χ4n) is 2.75. The fraction of sp³-hybridized carbons (Fsp3) is 0.682. The lowest BCUT2D eigenvalue weighted by molar-refractivity contribution is -0.115. The molecule has 0 aliphatic carbocycles. The summed E-state index contributed by atoms with van der Waals surface area (Å²) >= 11 is 0. The predicted molar refractivity (Wildman–Crippen MR) is 107 cm³/mol. The lowest BCUT2D eigenvalue weighted by Crippen LogP contribution is -2.07. The molecule has 0 saturated heterocycles. The summed E-state index contributed by atoms with van der Waals surface area (Å²) in [5, 5.41) is 0. The number of carbonyl (C=O) groups is 1. The average molecular weight is 334 g/mol. The van der Waals surface area contributed by atoms with E-state index in [2.05, 4.69) is 45.9 Å². The van der Waals surface area contributed by atoms with E-state index in [-0.39, 0.29) is 12.3 Å². The van der Waals surface area contributed by atoms with Gasteiger partial charge in [0.05, 0.1) is 6.54 Å². The molecule has 0 amide bonds. The molecule has 0 saturated carbocycles. The monoisotopic (exact) mass is 333 g/mol. The first kappa shape index (κ1) is 22.9. The minimum absolute atomic E-state index is 0.0324. The molecule has 0 fully saturated rings. The van der Waals surface area contributed by atoms with Gasteiger partial charge in [-0.25, -0.2) is 0 Å². The third-order valence-corrected chi connectivity index (χ3v) is 4.63. The Bertz CT molecular complexity index is 445. The number of unbranched alkanes of at least 4 members (excludes halogenated alkanes) is 2. The van der Waals surface area contributed by atoms with Crippen molar-refractivity contribution in [3.05, 3.63) is 34.9 Å². The summed E-state index contributed by atoms with van der Waals surface area (Å²) < 4.78 is 0. The van der Waals surface area contributed by atoms with Gasteiger partial charge in [0, 0.05) is 0 Å². The van der Waals surface area contributed by atoms with Gasteiger partial charge in [0.15, 0.2) is 0 Å². The second-order valence-electron chi connectivity index (χ2n) is 7.01. The van der Waals surface area contributed by atoms with Crippen molar-refractivity contribution >= 4 is 5.78 Å². The van der Waals surface area contributed by atoms with Gasteiger partial charge in [-0.1, -0.05) is 70.6 Å². The topological polar surface area (TPSA) is 43.1 Å². The number of benzene rings is 1. The highest BCUT2D eigenvalue weighted by Crippen LogP contribution is 2.22. The number of aryl methyl sites for hydroxylation is 3. The molecule has 2 N–H and O–H groups in total. The van der Waals surface area contributed by atoms with Gasteiger partial charge in [-0.2, -0.15) is 0 Å². The summed E-state index contributed by atoms with van der Waals surface area (Å²) in [6.07, 6.45) is 11.0. The number of rotatable bonds is 10. The molecule has 0 unspecified atom stereocenters. The molecule has 2 heteroatoms. The Morgan fingerprint density at radius 1 is 1.00 bits per heavy atom. The molecule has 138 valence electrons. The number of hydrogen-bond acceptors (Lipinski definition) is 2. The van der Waals surface area contributed by atoms with E-state index in [0.717, 1.165) is 5.92 Å². The molecule has 2 nitrogen and oxygen atoms in total. The maximum Gasteiger partial charge on any atom is 0.143 e. The number of carbonyl (C=O) groups excluding carboxylic acids is 1. The number of hydrogen-bond donors (Lipinski definition) is 1. The average Bonchev–Trinajstić information content (AvgIpc) is 2.57. The zero-order valence-electron chi connectivity index (χ0n) is 16.7. The van der Waals surface area contributed by atoms with E-state index in [1.54, 1.807) is 0 Å². The van der Waals surface area contributed by atoms with Crippen LogP contribution in [0.5, 0.6) is 0 Å². The zero-order chi connectivity index (χ0) is 18.4. The van der Waals surface area contributed by atoms with Crippen LogP contribution < -0.4 is 5.73 Å². The molecule has 0 spiro atoms. The van der Waals surface area contributed by atoms with E-state index >= 15 is 0 Å². The molecular formula is C22H39NO. The van der Waals surface area contributed by atoms with Crippen LogP contribution in [0.2, 0.25) is 0 Å². The molecule has 0 atom stereocenters. The Hall–Kier alpha value is -1.15. The molecule has 1 rings (SSSR count). The van der Waals surface area contributed by atoms with Crippen LogP contribution in [-0.4, -0.2) is 12.3 Å². The Morgan fingerprint density at radius 3 is 1.96 bits per heavy atom. The first-order chi connectivity index (χ1) is 11.4. The Labute approximate surface area is 150 Å². The van der Waals surface area contributed by atoms with E-state index in [1.807, 2.05) is 0 Å². The van der Waals surface area contributed by atoms with Gasteiger partial charge in [-0.05, 0) is 56.2 Å². The summed E-state index contributed by atoms with van der Waals surface area (Å²) in [6, 6.07) is 6.98. The van der Waals surface area contributed by atoms with Gasteiger partial charge in [-0.3, -0.25) is 4.79 Å². The minimum atomic E-state index is 0.0324. The van der Waals surface area contributed by atoms with Crippen LogP contribution in [0.15, 0.2) is 18.2 Å². The normalized spacial score (nSPS) is 10.5. The Morgan fingerprint density at radius 2 is 1.54 bits per heavy atom. The van der Waals surface area contributed by atoms with Crippen molar-refractivity contribution in [2.45, 2.75) is 86.0 Å². The molecule has 0 aromatic heterocycles. The van der Waals surface area contributed by atoms with E-state index < -0.39 is 0 Å². The second-order valence-corrected chi connectivity index (χ2v) is 7.01. The largest absolute Gasteiger partial charge is 0.324 e. The van der Waals surface area contributed by atoms with Gasteiger partial charge >= 0.3 is 0 Å². The second kappa shape index (κ2) is 14.2. The fourth-order valence-corrected chi connectivity index (χ4v) is 2.75. The smallest absolute Gasteiger partial charge is 0.143 e. The third-order valence-electron chi connectivity index (χ3n) is 4.63. The van der Waals surface area contributed by atoms with Gasteiger partial charge in [0.25, 0.3) is 0 Å². The highest BCUT2D eigenvalue weighted by Gasteiger charge is 2.08. The summed E-state index contributed by atoms with van der Waals surface area (Å²) in [4.78, 5) is 9.69. The molecule has 0 aliphatic rings. The van der Waals surface area contributed by atoms with E-state index in [1.165, 1.54) is 75.0 Å². The van der Waals surface area contributed by atoms with Crippen LogP contribution in [-0.2, 0) is 11.2 Å². The molecule has 0 heterocycles. The van der Waals surface area contributed by atoms with Gasteiger partial charge < -0.3 is 5.73 Å². The molecule has 0 radical (unpaired) electrons. The maximum absolute atomic E-state index is 9.69. The molecule has 0 bridgehead atoms. The lowest BCUT2D eigenvalue weighted by Gasteiger charge is -2.16. The first-order valence-electron chi connectivity index (χ1n) is 9.70. The Balaban J connectivity index is 0.000000922. The summed E-state index contributed by atoms with van der Waals surface area (Å²) in [7, 11) is 0. The van der Waals surface area contributed by atoms with Crippen LogP contribution in [0.3, 0.4) is 0 Å². The standard InChI is InChI=1S/C19H32.C3H7NO/c1-5-7-9-18(10-8-6-2)13-14-19-12-11-16(3)17(4)15-19;1-3(5)2-4/h11-12,15,18H,5-10,13-14H2,1-4H3;2,4H2,1H3. The predicted octanol–water partition coefficient (Wildman–Crippen LogP) is 5.77.